The average Bonchev–Trinajstić information content (AvgIpc) is 2.64. The Hall–Kier alpha value is -1.30. The third-order valence-electron chi connectivity index (χ3n) is 4.87. The predicted molar refractivity (Wildman–Crippen MR) is 114 cm³/mol. The number of nitrogens with zero attached hydrogens (tertiary/aromatic N) is 1. The Morgan fingerprint density at radius 1 is 1.22 bits per heavy atom. The molecule has 0 radical (unpaired) electrons. The molecule has 1 aliphatic heterocycles. The van der Waals surface area contributed by atoms with Gasteiger partial charge in [0.25, 0.3) is 0 Å². The summed E-state index contributed by atoms with van der Waals surface area (Å²) in [5.41, 5.74) is 0.458. The number of piperazine rings is 1. The second kappa shape index (κ2) is 11.5. The third-order valence-corrected chi connectivity index (χ3v) is 4.87. The summed E-state index contributed by atoms with van der Waals surface area (Å²) in [6.45, 7) is 15.0. The van der Waals surface area contributed by atoms with Crippen molar-refractivity contribution in [2.75, 3.05) is 45.9 Å². The molecule has 1 aliphatic rings. The molecule has 0 aromatic heterocycles. The first kappa shape index (κ1) is 23.7. The van der Waals surface area contributed by atoms with Gasteiger partial charge in [-0.25, -0.2) is 0 Å². The molecule has 0 saturated carbocycles. The first-order valence-corrected chi connectivity index (χ1v) is 9.84. The zero-order valence-electron chi connectivity index (χ0n) is 17.2. The van der Waals surface area contributed by atoms with Gasteiger partial charge in [-0.15, -0.1) is 12.4 Å². The first-order chi connectivity index (χ1) is 12.4. The lowest BCUT2D eigenvalue weighted by molar-refractivity contribution is -0.125. The lowest BCUT2D eigenvalue weighted by atomic mass is 9.83. The standard InChI is InChI=1S/C21H35N3O2.ClH/c1-17(2)16-26-19-8-6-18(7-9-19)21(3,4)20(25)23-10-5-13-24-14-11-22-12-15-24;/h6-9,17,22H,5,10-16H2,1-4H3,(H,23,25);1H. The zero-order valence-corrected chi connectivity index (χ0v) is 18.0. The van der Waals surface area contributed by atoms with Gasteiger partial charge in [0, 0.05) is 32.7 Å². The highest BCUT2D eigenvalue weighted by molar-refractivity contribution is 5.87. The maximum absolute atomic E-state index is 12.7. The molecule has 6 heteroatoms. The van der Waals surface area contributed by atoms with Crippen molar-refractivity contribution in [2.24, 2.45) is 5.92 Å². The number of carbonyl (C=O) groups is 1. The summed E-state index contributed by atoms with van der Waals surface area (Å²) in [5, 5.41) is 6.46. The molecule has 1 fully saturated rings. The Balaban J connectivity index is 0.00000364. The van der Waals surface area contributed by atoms with E-state index in [1.54, 1.807) is 0 Å². The maximum Gasteiger partial charge on any atom is 0.230 e. The van der Waals surface area contributed by atoms with Gasteiger partial charge < -0.3 is 20.3 Å². The molecular weight excluding hydrogens is 362 g/mol. The number of amides is 1. The van der Waals surface area contributed by atoms with E-state index in [9.17, 15) is 4.79 Å². The van der Waals surface area contributed by atoms with E-state index in [4.69, 9.17) is 4.74 Å². The monoisotopic (exact) mass is 397 g/mol. The molecule has 1 aromatic carbocycles. The molecule has 2 N–H and O–H groups in total. The summed E-state index contributed by atoms with van der Waals surface area (Å²) in [5.74, 6) is 1.43. The number of hydrogen-bond acceptors (Lipinski definition) is 4. The molecular formula is C21H36ClN3O2. The Morgan fingerprint density at radius 2 is 1.85 bits per heavy atom. The molecule has 1 aromatic rings. The van der Waals surface area contributed by atoms with Gasteiger partial charge in [-0.2, -0.15) is 0 Å². The van der Waals surface area contributed by atoms with Crippen molar-refractivity contribution < 1.29 is 9.53 Å². The minimum absolute atomic E-state index is 0. The second-order valence-electron chi connectivity index (χ2n) is 8.06. The van der Waals surface area contributed by atoms with Crippen molar-refractivity contribution in [2.45, 2.75) is 39.5 Å². The van der Waals surface area contributed by atoms with Crippen molar-refractivity contribution >= 4 is 18.3 Å². The van der Waals surface area contributed by atoms with Crippen molar-refractivity contribution in [3.8, 4) is 5.75 Å². The fraction of sp³-hybridized carbons (Fsp3) is 0.667. The van der Waals surface area contributed by atoms with E-state index in [1.165, 1.54) is 0 Å². The SMILES string of the molecule is CC(C)COc1ccc(C(C)(C)C(=O)NCCCN2CCNCC2)cc1.Cl. The lowest BCUT2D eigenvalue weighted by Gasteiger charge is -2.28. The number of rotatable bonds is 9. The van der Waals surface area contributed by atoms with Gasteiger partial charge in [-0.1, -0.05) is 26.0 Å². The molecule has 27 heavy (non-hydrogen) atoms. The predicted octanol–water partition coefficient (Wildman–Crippen LogP) is 2.83. The van der Waals surface area contributed by atoms with Gasteiger partial charge in [0.1, 0.15) is 5.75 Å². The highest BCUT2D eigenvalue weighted by atomic mass is 35.5. The molecule has 0 spiro atoms. The molecule has 5 nitrogen and oxygen atoms in total. The average molecular weight is 398 g/mol. The fourth-order valence-electron chi connectivity index (χ4n) is 3.02. The molecule has 0 unspecified atom stereocenters. The molecule has 154 valence electrons. The van der Waals surface area contributed by atoms with E-state index in [-0.39, 0.29) is 18.3 Å². The highest BCUT2D eigenvalue weighted by Gasteiger charge is 2.29. The van der Waals surface area contributed by atoms with Crippen LogP contribution >= 0.6 is 12.4 Å². The molecule has 2 rings (SSSR count). The lowest BCUT2D eigenvalue weighted by Crippen LogP contribution is -2.45. The van der Waals surface area contributed by atoms with Crippen LogP contribution in [-0.4, -0.2) is 56.7 Å². The molecule has 0 bridgehead atoms. The Morgan fingerprint density at radius 3 is 2.44 bits per heavy atom. The largest absolute Gasteiger partial charge is 0.493 e. The van der Waals surface area contributed by atoms with Crippen LogP contribution in [0.25, 0.3) is 0 Å². The highest BCUT2D eigenvalue weighted by Crippen LogP contribution is 2.25. The van der Waals surface area contributed by atoms with Crippen LogP contribution in [0, 0.1) is 5.92 Å². The summed E-state index contributed by atoms with van der Waals surface area (Å²) in [6, 6.07) is 7.90. The summed E-state index contributed by atoms with van der Waals surface area (Å²) in [6.07, 6.45) is 0.990. The van der Waals surface area contributed by atoms with Gasteiger partial charge >= 0.3 is 0 Å². The number of ether oxygens (including phenoxy) is 1. The minimum atomic E-state index is -0.550. The summed E-state index contributed by atoms with van der Waals surface area (Å²) in [4.78, 5) is 15.1. The number of hydrogen-bond donors (Lipinski definition) is 2. The van der Waals surface area contributed by atoms with Gasteiger partial charge in [0.05, 0.1) is 12.0 Å². The van der Waals surface area contributed by atoms with Crippen LogP contribution in [0.2, 0.25) is 0 Å². The molecule has 1 saturated heterocycles. The molecule has 0 aliphatic carbocycles. The summed E-state index contributed by atoms with van der Waals surface area (Å²) >= 11 is 0. The number of halogens is 1. The van der Waals surface area contributed by atoms with Gasteiger partial charge in [-0.3, -0.25) is 4.79 Å². The first-order valence-electron chi connectivity index (χ1n) is 9.84. The molecule has 1 amide bonds. The van der Waals surface area contributed by atoms with Crippen molar-refractivity contribution in [3.63, 3.8) is 0 Å². The van der Waals surface area contributed by atoms with Crippen LogP contribution in [0.5, 0.6) is 5.75 Å². The van der Waals surface area contributed by atoms with E-state index in [2.05, 4.69) is 29.4 Å². The number of carbonyl (C=O) groups excluding carboxylic acids is 1. The Labute approximate surface area is 170 Å². The normalized spacial score (nSPS) is 15.3. The van der Waals surface area contributed by atoms with Crippen LogP contribution in [0.3, 0.4) is 0 Å². The maximum atomic E-state index is 12.7. The van der Waals surface area contributed by atoms with Crippen molar-refractivity contribution in [1.82, 2.24) is 15.5 Å². The summed E-state index contributed by atoms with van der Waals surface area (Å²) in [7, 11) is 0. The van der Waals surface area contributed by atoms with Crippen molar-refractivity contribution in [3.05, 3.63) is 29.8 Å². The molecule has 1 heterocycles. The van der Waals surface area contributed by atoms with E-state index in [1.807, 2.05) is 38.1 Å². The van der Waals surface area contributed by atoms with Crippen LogP contribution in [-0.2, 0) is 10.2 Å². The summed E-state index contributed by atoms with van der Waals surface area (Å²) < 4.78 is 5.72. The van der Waals surface area contributed by atoms with E-state index < -0.39 is 5.41 Å². The van der Waals surface area contributed by atoms with Crippen LogP contribution in [0.1, 0.15) is 39.7 Å². The third kappa shape index (κ3) is 7.68. The van der Waals surface area contributed by atoms with E-state index in [0.717, 1.165) is 57.0 Å². The number of benzene rings is 1. The van der Waals surface area contributed by atoms with Gasteiger partial charge in [0.2, 0.25) is 5.91 Å². The number of nitrogens with one attached hydrogen (secondary N) is 2. The van der Waals surface area contributed by atoms with E-state index in [0.29, 0.717) is 12.5 Å². The molecule has 0 atom stereocenters. The smallest absolute Gasteiger partial charge is 0.230 e. The Bertz CT molecular complexity index is 555. The topological polar surface area (TPSA) is 53.6 Å². The van der Waals surface area contributed by atoms with Crippen LogP contribution in [0.15, 0.2) is 24.3 Å². The van der Waals surface area contributed by atoms with Gasteiger partial charge in [-0.05, 0) is 50.4 Å². The Kier molecular flexibility index (Phi) is 10.1. The van der Waals surface area contributed by atoms with Crippen molar-refractivity contribution in [1.29, 1.82) is 0 Å². The minimum Gasteiger partial charge on any atom is -0.493 e. The zero-order chi connectivity index (χ0) is 19.0. The van der Waals surface area contributed by atoms with Crippen LogP contribution < -0.4 is 15.4 Å². The quantitative estimate of drug-likeness (QED) is 0.629. The van der Waals surface area contributed by atoms with E-state index >= 15 is 0 Å². The fourth-order valence-corrected chi connectivity index (χ4v) is 3.02. The van der Waals surface area contributed by atoms with Crippen LogP contribution in [0.4, 0.5) is 0 Å². The van der Waals surface area contributed by atoms with Gasteiger partial charge in [0.15, 0.2) is 0 Å². The second-order valence-corrected chi connectivity index (χ2v) is 8.06.